The molecule has 2 bridgehead atoms. The largest absolute Gasteiger partial charge is 0.238 e. The first-order valence-electron chi connectivity index (χ1n) is 5.52. The summed E-state index contributed by atoms with van der Waals surface area (Å²) in [6.45, 7) is 6.58. The Balaban J connectivity index is 2.26. The van der Waals surface area contributed by atoms with Gasteiger partial charge in [0, 0.05) is 11.6 Å². The van der Waals surface area contributed by atoms with Gasteiger partial charge in [0.05, 0.1) is 6.04 Å². The van der Waals surface area contributed by atoms with Crippen molar-refractivity contribution >= 4 is 0 Å². The molecule has 14 heavy (non-hydrogen) atoms. The number of fused-ring (bicyclic) bond motifs is 3. The minimum absolute atomic E-state index is 0.0828. The molecule has 0 spiro atoms. The molecule has 0 N–H and O–H groups in total. The maximum Gasteiger partial charge on any atom is 0.195 e. The van der Waals surface area contributed by atoms with E-state index in [0.717, 1.165) is 0 Å². The summed E-state index contributed by atoms with van der Waals surface area (Å²) in [4.78, 5) is 0. The van der Waals surface area contributed by atoms with Gasteiger partial charge in [-0.05, 0) is 46.5 Å². The summed E-state index contributed by atoms with van der Waals surface area (Å²) in [6, 6.07) is 1.07. The molecule has 0 aromatic rings. The molecule has 2 saturated heterocycles. The molecule has 0 atom stereocenters. The summed E-state index contributed by atoms with van der Waals surface area (Å²) in [5, 5.41) is 13.4. The van der Waals surface area contributed by atoms with Gasteiger partial charge < -0.3 is 0 Å². The summed E-state index contributed by atoms with van der Waals surface area (Å²) in [6.07, 6.45) is 7.28. The van der Waals surface area contributed by atoms with Crippen molar-refractivity contribution in [1.29, 1.82) is 5.26 Å². The van der Waals surface area contributed by atoms with Crippen LogP contribution in [0.4, 0.5) is 0 Å². The SMILES string of the molecule is CC(C)(C)N1C2CCC(CC2)N1C#N. The van der Waals surface area contributed by atoms with Gasteiger partial charge in [0.15, 0.2) is 6.19 Å². The molecule has 0 aromatic heterocycles. The second kappa shape index (κ2) is 3.13. The van der Waals surface area contributed by atoms with Crippen molar-refractivity contribution in [3.8, 4) is 6.19 Å². The number of nitriles is 1. The van der Waals surface area contributed by atoms with Crippen LogP contribution in [0.25, 0.3) is 0 Å². The van der Waals surface area contributed by atoms with E-state index < -0.39 is 0 Å². The molecule has 3 heteroatoms. The quantitative estimate of drug-likeness (QED) is 0.552. The van der Waals surface area contributed by atoms with Crippen LogP contribution in [0, 0.1) is 11.5 Å². The molecule has 1 aliphatic carbocycles. The minimum atomic E-state index is 0.0828. The van der Waals surface area contributed by atoms with Crippen molar-refractivity contribution in [3.05, 3.63) is 0 Å². The molecular formula is C11H19N3. The molecule has 0 radical (unpaired) electrons. The second-order valence-corrected chi connectivity index (χ2v) is 5.42. The Hall–Kier alpha value is -0.750. The molecule has 3 aliphatic rings. The summed E-state index contributed by atoms with van der Waals surface area (Å²) in [5.74, 6) is 0. The Morgan fingerprint density at radius 3 is 1.93 bits per heavy atom. The molecule has 1 saturated carbocycles. The fraction of sp³-hybridized carbons (Fsp3) is 0.909. The number of rotatable bonds is 0. The molecule has 0 amide bonds. The van der Waals surface area contributed by atoms with Crippen molar-refractivity contribution in [3.63, 3.8) is 0 Å². The van der Waals surface area contributed by atoms with Gasteiger partial charge in [0.1, 0.15) is 0 Å². The maximum atomic E-state index is 9.18. The molecule has 0 unspecified atom stereocenters. The Kier molecular flexibility index (Phi) is 2.19. The highest BCUT2D eigenvalue weighted by atomic mass is 15.7. The van der Waals surface area contributed by atoms with E-state index in [-0.39, 0.29) is 5.54 Å². The predicted molar refractivity (Wildman–Crippen MR) is 55.1 cm³/mol. The molecule has 3 fully saturated rings. The van der Waals surface area contributed by atoms with Crippen molar-refractivity contribution < 1.29 is 0 Å². The number of hydrogen-bond acceptors (Lipinski definition) is 3. The smallest absolute Gasteiger partial charge is 0.195 e. The first-order valence-corrected chi connectivity index (χ1v) is 5.52. The highest BCUT2D eigenvalue weighted by molar-refractivity contribution is 4.98. The zero-order valence-electron chi connectivity index (χ0n) is 9.32. The monoisotopic (exact) mass is 193 g/mol. The Bertz CT molecular complexity index is 253. The zero-order valence-corrected chi connectivity index (χ0v) is 9.32. The average molecular weight is 193 g/mol. The average Bonchev–Trinajstić information content (AvgIpc) is 2.16. The molecule has 3 rings (SSSR count). The van der Waals surface area contributed by atoms with Crippen LogP contribution in [0.2, 0.25) is 0 Å². The third kappa shape index (κ3) is 1.38. The lowest BCUT2D eigenvalue weighted by Crippen LogP contribution is -2.65. The van der Waals surface area contributed by atoms with Crippen LogP contribution in [0.5, 0.6) is 0 Å². The van der Waals surface area contributed by atoms with Gasteiger partial charge in [-0.15, -0.1) is 0 Å². The number of nitrogens with zero attached hydrogens (tertiary/aromatic N) is 3. The van der Waals surface area contributed by atoms with Crippen LogP contribution < -0.4 is 0 Å². The van der Waals surface area contributed by atoms with Crippen molar-refractivity contribution in [2.24, 2.45) is 0 Å². The standard InChI is InChI=1S/C11H19N3/c1-11(2,3)14-10-6-4-9(5-7-10)13(14)8-12/h9-10H,4-7H2,1-3H3. The highest BCUT2D eigenvalue weighted by Crippen LogP contribution is 2.38. The minimum Gasteiger partial charge on any atom is -0.238 e. The lowest BCUT2D eigenvalue weighted by atomic mass is 9.85. The number of hydrazine groups is 1. The lowest BCUT2D eigenvalue weighted by Gasteiger charge is -2.56. The third-order valence-electron chi connectivity index (χ3n) is 3.38. The van der Waals surface area contributed by atoms with E-state index >= 15 is 0 Å². The molecular weight excluding hydrogens is 174 g/mol. The first-order chi connectivity index (χ1) is 6.54. The van der Waals surface area contributed by atoms with E-state index in [4.69, 9.17) is 0 Å². The molecule has 0 aromatic carbocycles. The van der Waals surface area contributed by atoms with Gasteiger partial charge in [0.25, 0.3) is 0 Å². The van der Waals surface area contributed by atoms with Crippen LogP contribution in [-0.4, -0.2) is 27.6 Å². The highest BCUT2D eigenvalue weighted by Gasteiger charge is 2.44. The van der Waals surface area contributed by atoms with Crippen LogP contribution in [0.15, 0.2) is 0 Å². The van der Waals surface area contributed by atoms with E-state index in [0.29, 0.717) is 12.1 Å². The topological polar surface area (TPSA) is 30.3 Å². The normalized spacial score (nSPS) is 33.1. The Morgan fingerprint density at radius 2 is 1.57 bits per heavy atom. The van der Waals surface area contributed by atoms with E-state index in [1.807, 2.05) is 5.01 Å². The van der Waals surface area contributed by atoms with Crippen molar-refractivity contribution in [2.75, 3.05) is 0 Å². The molecule has 3 nitrogen and oxygen atoms in total. The Labute approximate surface area is 86.3 Å². The third-order valence-corrected chi connectivity index (χ3v) is 3.38. The first kappa shape index (κ1) is 9.79. The maximum absolute atomic E-state index is 9.18. The van der Waals surface area contributed by atoms with Gasteiger partial charge in [0.2, 0.25) is 0 Å². The molecule has 78 valence electrons. The van der Waals surface area contributed by atoms with Gasteiger partial charge in [-0.1, -0.05) is 0 Å². The van der Waals surface area contributed by atoms with Crippen LogP contribution >= 0.6 is 0 Å². The summed E-state index contributed by atoms with van der Waals surface area (Å²) in [5.41, 5.74) is 0.0828. The fourth-order valence-electron chi connectivity index (χ4n) is 2.90. The van der Waals surface area contributed by atoms with E-state index in [1.54, 1.807) is 0 Å². The summed E-state index contributed by atoms with van der Waals surface area (Å²) < 4.78 is 0. The summed E-state index contributed by atoms with van der Waals surface area (Å²) >= 11 is 0. The van der Waals surface area contributed by atoms with E-state index in [9.17, 15) is 5.26 Å². The van der Waals surface area contributed by atoms with Crippen LogP contribution in [0.3, 0.4) is 0 Å². The van der Waals surface area contributed by atoms with Crippen molar-refractivity contribution in [1.82, 2.24) is 10.0 Å². The van der Waals surface area contributed by atoms with Crippen LogP contribution in [-0.2, 0) is 0 Å². The van der Waals surface area contributed by atoms with E-state index in [2.05, 4.69) is 32.0 Å². The van der Waals surface area contributed by atoms with Gasteiger partial charge in [-0.2, -0.15) is 5.26 Å². The van der Waals surface area contributed by atoms with E-state index in [1.165, 1.54) is 25.7 Å². The predicted octanol–water partition coefficient (Wildman–Crippen LogP) is 2.11. The Morgan fingerprint density at radius 1 is 1.07 bits per heavy atom. The van der Waals surface area contributed by atoms with Crippen LogP contribution in [0.1, 0.15) is 46.5 Å². The van der Waals surface area contributed by atoms with Gasteiger partial charge in [-0.3, -0.25) is 0 Å². The fourth-order valence-corrected chi connectivity index (χ4v) is 2.90. The van der Waals surface area contributed by atoms with Crippen molar-refractivity contribution in [2.45, 2.75) is 64.1 Å². The lowest BCUT2D eigenvalue weighted by molar-refractivity contribution is -0.167. The number of hydrogen-bond donors (Lipinski definition) is 0. The second-order valence-electron chi connectivity index (χ2n) is 5.42. The summed E-state index contributed by atoms with van der Waals surface area (Å²) in [7, 11) is 0. The van der Waals surface area contributed by atoms with Gasteiger partial charge in [-0.25, -0.2) is 10.0 Å². The van der Waals surface area contributed by atoms with Gasteiger partial charge >= 0.3 is 0 Å². The molecule has 2 heterocycles. The molecule has 2 aliphatic heterocycles. The zero-order chi connectivity index (χ0) is 10.3.